The maximum absolute atomic E-state index is 12.8. The molecule has 0 N–H and O–H groups in total. The van der Waals surface area contributed by atoms with E-state index in [0.717, 1.165) is 29.8 Å². The molecule has 3 rings (SSSR count). The van der Waals surface area contributed by atoms with Crippen LogP contribution < -0.4 is 0 Å². The molecule has 1 aromatic carbocycles. The predicted octanol–water partition coefficient (Wildman–Crippen LogP) is 3.63. The van der Waals surface area contributed by atoms with Crippen molar-refractivity contribution in [3.05, 3.63) is 59.9 Å². The summed E-state index contributed by atoms with van der Waals surface area (Å²) in [5, 5.41) is 0. The fraction of sp³-hybridized carbons (Fsp3) is 0.312. The molecule has 4 nitrogen and oxygen atoms in total. The molecule has 1 aromatic heterocycles. The van der Waals surface area contributed by atoms with Crippen LogP contribution in [0.1, 0.15) is 30.0 Å². The minimum absolute atomic E-state index is 0.128. The van der Waals surface area contributed by atoms with Crippen LogP contribution in [0, 0.1) is 0 Å². The summed E-state index contributed by atoms with van der Waals surface area (Å²) in [5.41, 5.74) is -0.0356. The molecule has 0 aliphatic carbocycles. The minimum atomic E-state index is -4.49. The van der Waals surface area contributed by atoms with Gasteiger partial charge in [0.1, 0.15) is 0 Å². The van der Waals surface area contributed by atoms with E-state index in [1.54, 1.807) is 24.5 Å². The van der Waals surface area contributed by atoms with Crippen molar-refractivity contribution in [2.75, 3.05) is 6.54 Å². The van der Waals surface area contributed by atoms with Crippen LogP contribution >= 0.6 is 0 Å². The average molecular weight is 356 g/mol. The number of nitrogens with zero attached hydrogens (tertiary/aromatic N) is 2. The van der Waals surface area contributed by atoms with Crippen molar-refractivity contribution in [2.24, 2.45) is 0 Å². The molecule has 1 unspecified atom stereocenters. The fourth-order valence-electron chi connectivity index (χ4n) is 2.90. The summed E-state index contributed by atoms with van der Waals surface area (Å²) in [5.74, 6) is 0. The van der Waals surface area contributed by atoms with Crippen LogP contribution in [-0.4, -0.2) is 24.3 Å². The lowest BCUT2D eigenvalue weighted by molar-refractivity contribution is -0.137. The van der Waals surface area contributed by atoms with Gasteiger partial charge >= 0.3 is 6.18 Å². The van der Waals surface area contributed by atoms with E-state index in [0.29, 0.717) is 19.4 Å². The Labute approximate surface area is 138 Å². The van der Waals surface area contributed by atoms with E-state index in [9.17, 15) is 21.6 Å². The second-order valence-corrected chi connectivity index (χ2v) is 7.47. The lowest BCUT2D eigenvalue weighted by atomic mass is 10.1. The van der Waals surface area contributed by atoms with Gasteiger partial charge in [0.2, 0.25) is 10.0 Å². The third-order valence-corrected chi connectivity index (χ3v) is 6.01. The Hall–Kier alpha value is -1.93. The highest BCUT2D eigenvalue weighted by Gasteiger charge is 2.37. The Morgan fingerprint density at radius 1 is 1.04 bits per heavy atom. The van der Waals surface area contributed by atoms with Crippen LogP contribution in [0.15, 0.2) is 53.7 Å². The van der Waals surface area contributed by atoms with Crippen LogP contribution in [0.4, 0.5) is 13.2 Å². The molecule has 24 heavy (non-hydrogen) atoms. The summed E-state index contributed by atoms with van der Waals surface area (Å²) in [6, 6.07) is 6.81. The summed E-state index contributed by atoms with van der Waals surface area (Å²) >= 11 is 0. The first kappa shape index (κ1) is 16.9. The Morgan fingerprint density at radius 2 is 1.67 bits per heavy atom. The molecule has 1 fully saturated rings. The second-order valence-electron chi connectivity index (χ2n) is 5.58. The van der Waals surface area contributed by atoms with E-state index >= 15 is 0 Å². The average Bonchev–Trinajstić information content (AvgIpc) is 3.05. The van der Waals surface area contributed by atoms with E-state index in [2.05, 4.69) is 4.98 Å². The molecule has 0 radical (unpaired) electrons. The zero-order chi connectivity index (χ0) is 17.4. The highest BCUT2D eigenvalue weighted by molar-refractivity contribution is 7.89. The number of benzene rings is 1. The van der Waals surface area contributed by atoms with E-state index in [1.165, 1.54) is 4.31 Å². The second kappa shape index (κ2) is 6.18. The summed E-state index contributed by atoms with van der Waals surface area (Å²) in [4.78, 5) is 3.79. The van der Waals surface area contributed by atoms with E-state index < -0.39 is 21.8 Å². The van der Waals surface area contributed by atoms with Gasteiger partial charge in [-0.05, 0) is 54.8 Å². The molecule has 0 amide bonds. The van der Waals surface area contributed by atoms with Crippen molar-refractivity contribution in [3.63, 3.8) is 0 Å². The van der Waals surface area contributed by atoms with Crippen molar-refractivity contribution in [2.45, 2.75) is 30.0 Å². The van der Waals surface area contributed by atoms with Crippen molar-refractivity contribution in [1.29, 1.82) is 0 Å². The summed E-state index contributed by atoms with van der Waals surface area (Å²) in [6.45, 7) is 0.344. The predicted molar refractivity (Wildman–Crippen MR) is 81.5 cm³/mol. The number of aromatic nitrogens is 1. The van der Waals surface area contributed by atoms with Crippen LogP contribution in [0.25, 0.3) is 0 Å². The van der Waals surface area contributed by atoms with Gasteiger partial charge in [-0.25, -0.2) is 8.42 Å². The van der Waals surface area contributed by atoms with Crippen molar-refractivity contribution >= 4 is 10.0 Å². The first-order chi connectivity index (χ1) is 11.3. The van der Waals surface area contributed by atoms with E-state index in [4.69, 9.17) is 0 Å². The van der Waals surface area contributed by atoms with Gasteiger partial charge < -0.3 is 0 Å². The van der Waals surface area contributed by atoms with Gasteiger partial charge in [0, 0.05) is 18.9 Å². The number of sulfonamides is 1. The Morgan fingerprint density at radius 3 is 2.25 bits per heavy atom. The van der Waals surface area contributed by atoms with Gasteiger partial charge in [0.05, 0.1) is 16.5 Å². The number of halogens is 3. The smallest absolute Gasteiger partial charge is 0.265 e. The summed E-state index contributed by atoms with van der Waals surface area (Å²) in [7, 11) is -3.85. The largest absolute Gasteiger partial charge is 0.416 e. The first-order valence-electron chi connectivity index (χ1n) is 7.39. The molecule has 128 valence electrons. The number of hydrogen-bond donors (Lipinski definition) is 0. The van der Waals surface area contributed by atoms with E-state index in [1.807, 2.05) is 0 Å². The minimum Gasteiger partial charge on any atom is -0.265 e. The van der Waals surface area contributed by atoms with Crippen molar-refractivity contribution in [1.82, 2.24) is 9.29 Å². The number of rotatable bonds is 3. The molecule has 0 bridgehead atoms. The van der Waals surface area contributed by atoms with Gasteiger partial charge in [0.25, 0.3) is 0 Å². The Bertz CT molecular complexity index is 805. The van der Waals surface area contributed by atoms with Crippen molar-refractivity contribution in [3.8, 4) is 0 Å². The van der Waals surface area contributed by atoms with Gasteiger partial charge in [-0.1, -0.05) is 0 Å². The highest BCUT2D eigenvalue weighted by Crippen LogP contribution is 2.37. The number of alkyl halides is 3. The molecule has 1 aliphatic rings. The zero-order valence-electron chi connectivity index (χ0n) is 12.6. The molecule has 8 heteroatoms. The summed E-state index contributed by atoms with van der Waals surface area (Å²) < 4.78 is 64.9. The third kappa shape index (κ3) is 3.16. The Balaban J connectivity index is 1.92. The SMILES string of the molecule is O=S(=O)(c1ccc(C(F)(F)F)cc1)N1CCCC1c1ccncc1. The lowest BCUT2D eigenvalue weighted by Crippen LogP contribution is -2.30. The van der Waals surface area contributed by atoms with Gasteiger partial charge in [-0.15, -0.1) is 0 Å². The lowest BCUT2D eigenvalue weighted by Gasteiger charge is -2.24. The van der Waals surface area contributed by atoms with Crippen LogP contribution in [0.2, 0.25) is 0 Å². The van der Waals surface area contributed by atoms with Gasteiger partial charge in [-0.3, -0.25) is 4.98 Å². The molecule has 2 heterocycles. The van der Waals surface area contributed by atoms with Crippen LogP contribution in [0.3, 0.4) is 0 Å². The van der Waals surface area contributed by atoms with Crippen LogP contribution in [-0.2, 0) is 16.2 Å². The van der Waals surface area contributed by atoms with Gasteiger partial charge in [0.15, 0.2) is 0 Å². The zero-order valence-corrected chi connectivity index (χ0v) is 13.4. The normalized spacial score (nSPS) is 19.5. The molecule has 0 saturated carbocycles. The van der Waals surface area contributed by atoms with Crippen molar-refractivity contribution < 1.29 is 21.6 Å². The molecule has 1 saturated heterocycles. The topological polar surface area (TPSA) is 50.3 Å². The number of hydrogen-bond acceptors (Lipinski definition) is 3. The highest BCUT2D eigenvalue weighted by atomic mass is 32.2. The Kier molecular flexibility index (Phi) is 4.35. The summed E-state index contributed by atoms with van der Waals surface area (Å²) in [6.07, 6.45) is 0.0688. The fourth-order valence-corrected chi connectivity index (χ4v) is 4.58. The first-order valence-corrected chi connectivity index (χ1v) is 8.83. The molecular formula is C16H15F3N2O2S. The van der Waals surface area contributed by atoms with Crippen LogP contribution in [0.5, 0.6) is 0 Å². The molecule has 0 spiro atoms. The third-order valence-electron chi connectivity index (χ3n) is 4.08. The number of pyridine rings is 1. The molecule has 1 aliphatic heterocycles. The standard InChI is InChI=1S/C16H15F3N2O2S/c17-16(18,19)13-3-5-14(6-4-13)24(22,23)21-11-1-2-15(21)12-7-9-20-10-8-12/h3-10,15H,1-2,11H2. The molecule has 2 aromatic rings. The monoisotopic (exact) mass is 356 g/mol. The molecule has 1 atom stereocenters. The van der Waals surface area contributed by atoms with E-state index in [-0.39, 0.29) is 10.9 Å². The van der Waals surface area contributed by atoms with Gasteiger partial charge in [-0.2, -0.15) is 17.5 Å². The molecular weight excluding hydrogens is 341 g/mol. The maximum atomic E-state index is 12.8. The maximum Gasteiger partial charge on any atom is 0.416 e. The quantitative estimate of drug-likeness (QED) is 0.844.